The van der Waals surface area contributed by atoms with Gasteiger partial charge in [0, 0.05) is 31.4 Å². The molecule has 3 heterocycles. The SMILES string of the molecule is O=C(CNc1cccc(F)c1)C[C@@H]1CCCN(c2ncnc3[nH]ccc23)C1. The predicted octanol–water partition coefficient (Wildman–Crippen LogP) is 3.38. The average molecular weight is 367 g/mol. The number of halogens is 1. The lowest BCUT2D eigenvalue weighted by Gasteiger charge is -2.33. The highest BCUT2D eigenvalue weighted by molar-refractivity contribution is 5.87. The molecule has 4 rings (SSSR count). The molecule has 6 nitrogen and oxygen atoms in total. The summed E-state index contributed by atoms with van der Waals surface area (Å²) in [5.74, 6) is 1.05. The van der Waals surface area contributed by atoms with Gasteiger partial charge in [-0.05, 0) is 43.0 Å². The van der Waals surface area contributed by atoms with E-state index in [0.717, 1.165) is 42.8 Å². The Morgan fingerprint density at radius 3 is 3.15 bits per heavy atom. The monoisotopic (exact) mass is 367 g/mol. The Hall–Kier alpha value is -2.96. The van der Waals surface area contributed by atoms with E-state index >= 15 is 0 Å². The number of nitrogens with zero attached hydrogens (tertiary/aromatic N) is 3. The summed E-state index contributed by atoms with van der Waals surface area (Å²) in [6, 6.07) is 8.16. The molecule has 1 aromatic carbocycles. The molecule has 1 fully saturated rings. The zero-order valence-electron chi connectivity index (χ0n) is 15.0. The maximum absolute atomic E-state index is 13.2. The van der Waals surface area contributed by atoms with Gasteiger partial charge >= 0.3 is 0 Å². The van der Waals surface area contributed by atoms with E-state index in [1.54, 1.807) is 18.5 Å². The molecule has 2 N–H and O–H groups in total. The lowest BCUT2D eigenvalue weighted by Crippen LogP contribution is -2.37. The first kappa shape index (κ1) is 17.5. The number of H-pyrrole nitrogens is 1. The minimum absolute atomic E-state index is 0.139. The van der Waals surface area contributed by atoms with Crippen molar-refractivity contribution < 1.29 is 9.18 Å². The lowest BCUT2D eigenvalue weighted by molar-refractivity contribution is -0.118. The van der Waals surface area contributed by atoms with Gasteiger partial charge in [-0.1, -0.05) is 6.07 Å². The van der Waals surface area contributed by atoms with Gasteiger partial charge in [-0.2, -0.15) is 0 Å². The van der Waals surface area contributed by atoms with Crippen LogP contribution in [0.15, 0.2) is 42.9 Å². The lowest BCUT2D eigenvalue weighted by atomic mass is 9.92. The highest BCUT2D eigenvalue weighted by Crippen LogP contribution is 2.28. The van der Waals surface area contributed by atoms with Crippen LogP contribution >= 0.6 is 0 Å². The average Bonchev–Trinajstić information content (AvgIpc) is 3.15. The largest absolute Gasteiger partial charge is 0.378 e. The summed E-state index contributed by atoms with van der Waals surface area (Å²) in [6.07, 6.45) is 6.02. The van der Waals surface area contributed by atoms with Gasteiger partial charge in [-0.15, -0.1) is 0 Å². The van der Waals surface area contributed by atoms with Gasteiger partial charge in [0.05, 0.1) is 11.9 Å². The number of anilines is 2. The Morgan fingerprint density at radius 1 is 1.33 bits per heavy atom. The van der Waals surface area contributed by atoms with Gasteiger partial charge in [-0.25, -0.2) is 14.4 Å². The van der Waals surface area contributed by atoms with Crippen LogP contribution in [-0.4, -0.2) is 40.4 Å². The molecule has 1 aliphatic rings. The Labute approximate surface area is 156 Å². The number of hydrogen-bond donors (Lipinski definition) is 2. The summed E-state index contributed by atoms with van der Waals surface area (Å²) < 4.78 is 13.2. The van der Waals surface area contributed by atoms with Crippen molar-refractivity contribution in [3.63, 3.8) is 0 Å². The van der Waals surface area contributed by atoms with Crippen LogP contribution in [0.2, 0.25) is 0 Å². The fourth-order valence-electron chi connectivity index (χ4n) is 3.73. The maximum Gasteiger partial charge on any atom is 0.152 e. The summed E-state index contributed by atoms with van der Waals surface area (Å²) in [5, 5.41) is 4.02. The molecule has 1 saturated heterocycles. The molecule has 0 radical (unpaired) electrons. The van der Waals surface area contributed by atoms with E-state index in [4.69, 9.17) is 0 Å². The van der Waals surface area contributed by atoms with Gasteiger partial charge < -0.3 is 15.2 Å². The Morgan fingerprint density at radius 2 is 2.26 bits per heavy atom. The second kappa shape index (κ2) is 7.73. The fourth-order valence-corrected chi connectivity index (χ4v) is 3.73. The van der Waals surface area contributed by atoms with Gasteiger partial charge in [-0.3, -0.25) is 4.79 Å². The number of nitrogens with one attached hydrogen (secondary N) is 2. The van der Waals surface area contributed by atoms with Crippen molar-refractivity contribution in [3.8, 4) is 0 Å². The van der Waals surface area contributed by atoms with Crippen LogP contribution in [0.3, 0.4) is 0 Å². The highest BCUT2D eigenvalue weighted by atomic mass is 19.1. The van der Waals surface area contributed by atoms with Crippen molar-refractivity contribution >= 4 is 28.3 Å². The van der Waals surface area contributed by atoms with Crippen molar-refractivity contribution in [1.29, 1.82) is 0 Å². The molecule has 140 valence electrons. The van der Waals surface area contributed by atoms with Crippen LogP contribution in [0.4, 0.5) is 15.9 Å². The van der Waals surface area contributed by atoms with E-state index in [0.29, 0.717) is 18.0 Å². The number of aromatic amines is 1. The molecule has 0 saturated carbocycles. The molecule has 0 amide bonds. The second-order valence-electron chi connectivity index (χ2n) is 7.00. The van der Waals surface area contributed by atoms with E-state index in [-0.39, 0.29) is 18.1 Å². The summed E-state index contributed by atoms with van der Waals surface area (Å²) in [5.41, 5.74) is 1.46. The van der Waals surface area contributed by atoms with Crippen molar-refractivity contribution in [1.82, 2.24) is 15.0 Å². The number of hydrogen-bond acceptors (Lipinski definition) is 5. The Bertz CT molecular complexity index is 941. The fraction of sp³-hybridized carbons (Fsp3) is 0.350. The van der Waals surface area contributed by atoms with E-state index in [1.807, 2.05) is 12.3 Å². The smallest absolute Gasteiger partial charge is 0.152 e. The first-order chi connectivity index (χ1) is 13.2. The number of carbonyl (C=O) groups is 1. The van der Waals surface area contributed by atoms with Crippen LogP contribution in [0.1, 0.15) is 19.3 Å². The molecular weight excluding hydrogens is 345 g/mol. The Kier molecular flexibility index (Phi) is 5.00. The van der Waals surface area contributed by atoms with Crippen LogP contribution in [-0.2, 0) is 4.79 Å². The highest BCUT2D eigenvalue weighted by Gasteiger charge is 2.24. The van der Waals surface area contributed by atoms with Gasteiger partial charge in [0.25, 0.3) is 0 Å². The second-order valence-corrected chi connectivity index (χ2v) is 7.00. The number of rotatable bonds is 6. The molecule has 7 heteroatoms. The van der Waals surface area contributed by atoms with E-state index in [9.17, 15) is 9.18 Å². The van der Waals surface area contributed by atoms with Crippen molar-refractivity contribution in [2.24, 2.45) is 5.92 Å². The van der Waals surface area contributed by atoms with Gasteiger partial charge in [0.15, 0.2) is 5.78 Å². The Balaban J connectivity index is 1.35. The minimum Gasteiger partial charge on any atom is -0.378 e. The van der Waals surface area contributed by atoms with Crippen molar-refractivity contribution in [2.45, 2.75) is 19.3 Å². The first-order valence-electron chi connectivity index (χ1n) is 9.23. The number of Topliss-reactive ketones (excluding diaryl/α,β-unsaturated/α-hetero) is 1. The summed E-state index contributed by atoms with van der Waals surface area (Å²) in [6.45, 7) is 1.96. The summed E-state index contributed by atoms with van der Waals surface area (Å²) in [7, 11) is 0. The number of piperidine rings is 1. The third-order valence-electron chi connectivity index (χ3n) is 4.98. The molecule has 27 heavy (non-hydrogen) atoms. The first-order valence-corrected chi connectivity index (χ1v) is 9.23. The number of carbonyl (C=O) groups excluding carboxylic acids is 1. The zero-order chi connectivity index (χ0) is 18.6. The van der Waals surface area contributed by atoms with Crippen LogP contribution in [0.5, 0.6) is 0 Å². The molecule has 3 aromatic rings. The molecule has 0 spiro atoms. The normalized spacial score (nSPS) is 17.2. The summed E-state index contributed by atoms with van der Waals surface area (Å²) in [4.78, 5) is 26.4. The topological polar surface area (TPSA) is 73.9 Å². The van der Waals surface area contributed by atoms with Crippen molar-refractivity contribution in [2.75, 3.05) is 29.9 Å². The number of ketones is 1. The number of benzene rings is 1. The van der Waals surface area contributed by atoms with Crippen LogP contribution in [0.25, 0.3) is 11.0 Å². The molecule has 0 bridgehead atoms. The van der Waals surface area contributed by atoms with E-state index in [2.05, 4.69) is 25.2 Å². The van der Waals surface area contributed by atoms with Crippen LogP contribution in [0, 0.1) is 11.7 Å². The van der Waals surface area contributed by atoms with E-state index < -0.39 is 0 Å². The third-order valence-corrected chi connectivity index (χ3v) is 4.98. The van der Waals surface area contributed by atoms with Gasteiger partial charge in [0.1, 0.15) is 23.6 Å². The van der Waals surface area contributed by atoms with E-state index in [1.165, 1.54) is 12.1 Å². The quantitative estimate of drug-likeness (QED) is 0.699. The molecule has 1 aliphatic heterocycles. The summed E-state index contributed by atoms with van der Waals surface area (Å²) >= 11 is 0. The molecular formula is C20H22FN5O. The standard InChI is InChI=1S/C20H22FN5O/c21-15-4-1-5-16(10-15)23-11-17(27)9-14-3-2-8-26(12-14)20-18-6-7-22-19(18)24-13-25-20/h1,4-7,10,13-14,23H,2-3,8-9,11-12H2,(H,22,24,25)/t14-/m0/s1. The maximum atomic E-state index is 13.2. The third kappa shape index (κ3) is 4.07. The zero-order valence-corrected chi connectivity index (χ0v) is 15.0. The predicted molar refractivity (Wildman–Crippen MR) is 103 cm³/mol. The number of aromatic nitrogens is 3. The minimum atomic E-state index is -0.309. The van der Waals surface area contributed by atoms with Crippen LogP contribution < -0.4 is 10.2 Å². The molecule has 1 atom stereocenters. The number of fused-ring (bicyclic) bond motifs is 1. The van der Waals surface area contributed by atoms with Crippen molar-refractivity contribution in [3.05, 3.63) is 48.7 Å². The molecule has 0 unspecified atom stereocenters. The molecule has 2 aromatic heterocycles. The molecule has 0 aliphatic carbocycles. The van der Waals surface area contributed by atoms with Gasteiger partial charge in [0.2, 0.25) is 0 Å².